The van der Waals surface area contributed by atoms with Crippen LogP contribution in [-0.2, 0) is 27.1 Å². The monoisotopic (exact) mass is 560 g/mol. The lowest BCUT2D eigenvalue weighted by Crippen LogP contribution is -2.44. The fourth-order valence-corrected chi connectivity index (χ4v) is 7.26. The van der Waals surface area contributed by atoms with E-state index in [0.717, 1.165) is 22.3 Å². The molecule has 0 unspecified atom stereocenters. The van der Waals surface area contributed by atoms with Crippen molar-refractivity contribution < 1.29 is 27.1 Å². The lowest BCUT2D eigenvalue weighted by atomic mass is 9.93. The zero-order chi connectivity index (χ0) is 26.3. The zero-order valence-corrected chi connectivity index (χ0v) is 23.2. The maximum Gasteiger partial charge on any atom is 0.333 e. The molecule has 0 N–H and O–H groups in total. The van der Waals surface area contributed by atoms with E-state index in [1.54, 1.807) is 0 Å². The molecular weight excluding hydrogens is 530 g/mol. The van der Waals surface area contributed by atoms with Crippen LogP contribution in [0, 0.1) is 5.41 Å². The molecule has 6 rings (SSSR count). The summed E-state index contributed by atoms with van der Waals surface area (Å²) in [5.41, 5.74) is 3.82. The van der Waals surface area contributed by atoms with Gasteiger partial charge in [-0.3, -0.25) is 9.05 Å². The van der Waals surface area contributed by atoms with Crippen LogP contribution in [0.4, 0.5) is 0 Å². The van der Waals surface area contributed by atoms with Crippen LogP contribution < -0.4 is 0 Å². The normalized spacial score (nSPS) is 23.3. The number of benzene rings is 4. The zero-order valence-electron chi connectivity index (χ0n) is 21.4. The average molecular weight is 561 g/mol. The second-order valence-corrected chi connectivity index (χ2v) is 12.0. The molecule has 0 amide bonds. The van der Waals surface area contributed by atoms with E-state index in [2.05, 4.69) is 48.5 Å². The Labute approximate surface area is 231 Å². The first-order chi connectivity index (χ1) is 19.3. The lowest BCUT2D eigenvalue weighted by Gasteiger charge is -2.42. The minimum atomic E-state index is -1.53. The van der Waals surface area contributed by atoms with Crippen LogP contribution in [0.5, 0.6) is 0 Å². The van der Waals surface area contributed by atoms with Crippen molar-refractivity contribution in [2.24, 2.45) is 5.41 Å². The summed E-state index contributed by atoms with van der Waals surface area (Å²) in [4.78, 5) is 0. The van der Waals surface area contributed by atoms with Gasteiger partial charge in [-0.25, -0.2) is 0 Å². The summed E-state index contributed by atoms with van der Waals surface area (Å²) in [6.45, 7) is 1.72. The summed E-state index contributed by atoms with van der Waals surface area (Å²) >= 11 is 0. The Bertz CT molecular complexity index is 1090. The molecule has 2 heterocycles. The van der Waals surface area contributed by atoms with Gasteiger partial charge in [-0.1, -0.05) is 121 Å². The first-order valence-corrected chi connectivity index (χ1v) is 15.1. The van der Waals surface area contributed by atoms with Crippen molar-refractivity contribution in [2.45, 2.75) is 12.2 Å². The van der Waals surface area contributed by atoms with Gasteiger partial charge in [0.25, 0.3) is 0 Å². The number of hydrogen-bond acceptors (Lipinski definition) is 6. The highest BCUT2D eigenvalue weighted by Crippen LogP contribution is 2.56. The lowest BCUT2D eigenvalue weighted by molar-refractivity contribution is -0.0799. The third-order valence-electron chi connectivity index (χ3n) is 6.70. The van der Waals surface area contributed by atoms with Crippen LogP contribution in [0.25, 0.3) is 0 Å². The Hall–Kier alpha value is -2.50. The second-order valence-electron chi connectivity index (χ2n) is 9.65. The molecule has 2 fully saturated rings. The van der Waals surface area contributed by atoms with Crippen LogP contribution in [-0.4, -0.2) is 26.4 Å². The standard InChI is InChI=1S/C31H30O6P2/c1-5-13-25(14-6-1)29(26-15-7-2-8-16-26)36-38-32-21-31(22-33-38)23-34-39(35-24-31)37-30(27-17-9-3-10-18-27)28-19-11-4-12-20-28/h1-20,29-30H,21-24H2. The quantitative estimate of drug-likeness (QED) is 0.203. The van der Waals surface area contributed by atoms with Crippen LogP contribution in [0.3, 0.4) is 0 Å². The third-order valence-corrected chi connectivity index (χ3v) is 8.82. The predicted molar refractivity (Wildman–Crippen MR) is 152 cm³/mol. The summed E-state index contributed by atoms with van der Waals surface area (Å²) < 4.78 is 37.3. The molecule has 200 valence electrons. The van der Waals surface area contributed by atoms with E-state index in [1.807, 2.05) is 72.8 Å². The minimum absolute atomic E-state index is 0.277. The van der Waals surface area contributed by atoms with E-state index in [0.29, 0.717) is 26.4 Å². The van der Waals surface area contributed by atoms with Gasteiger partial charge < -0.3 is 18.1 Å². The van der Waals surface area contributed by atoms with Crippen LogP contribution in [0.1, 0.15) is 34.5 Å². The van der Waals surface area contributed by atoms with Gasteiger partial charge in [0, 0.05) is 0 Å². The first kappa shape index (κ1) is 26.7. The maximum absolute atomic E-state index is 6.39. The predicted octanol–water partition coefficient (Wildman–Crippen LogP) is 8.13. The van der Waals surface area contributed by atoms with E-state index >= 15 is 0 Å². The third kappa shape index (κ3) is 6.63. The molecule has 0 saturated carbocycles. The smallest absolute Gasteiger partial charge is 0.311 e. The van der Waals surface area contributed by atoms with E-state index < -0.39 is 22.6 Å². The molecule has 1 spiro atoms. The SMILES string of the molecule is c1ccc(C(OP2OCC3(CO2)COP(OC(c2ccccc2)c2ccccc2)OC3)c2ccccc2)cc1. The highest BCUT2D eigenvalue weighted by Gasteiger charge is 2.45. The summed E-state index contributed by atoms with van der Waals surface area (Å²) in [5.74, 6) is 0. The molecule has 0 aromatic heterocycles. The molecule has 2 aliphatic heterocycles. The van der Waals surface area contributed by atoms with E-state index in [4.69, 9.17) is 27.1 Å². The van der Waals surface area contributed by atoms with Crippen LogP contribution in [0.2, 0.25) is 0 Å². The first-order valence-electron chi connectivity index (χ1n) is 12.9. The highest BCUT2D eigenvalue weighted by molar-refractivity contribution is 7.42. The Morgan fingerprint density at radius 2 is 0.692 bits per heavy atom. The molecule has 0 bridgehead atoms. The fraction of sp³-hybridized carbons (Fsp3) is 0.226. The maximum atomic E-state index is 6.39. The van der Waals surface area contributed by atoms with Gasteiger partial charge in [-0.05, 0) is 22.3 Å². The number of rotatable bonds is 8. The molecule has 8 heteroatoms. The van der Waals surface area contributed by atoms with Crippen molar-refractivity contribution in [1.29, 1.82) is 0 Å². The van der Waals surface area contributed by atoms with Crippen LogP contribution >= 0.6 is 17.2 Å². The van der Waals surface area contributed by atoms with E-state index in [1.165, 1.54) is 0 Å². The fourth-order valence-electron chi connectivity index (χ4n) is 4.52. The molecule has 4 aromatic carbocycles. The Morgan fingerprint density at radius 1 is 0.436 bits per heavy atom. The minimum Gasteiger partial charge on any atom is -0.311 e. The molecule has 39 heavy (non-hydrogen) atoms. The van der Waals surface area contributed by atoms with Crippen molar-refractivity contribution in [2.75, 3.05) is 26.4 Å². The van der Waals surface area contributed by atoms with Crippen LogP contribution in [0.15, 0.2) is 121 Å². The Kier molecular flexibility index (Phi) is 8.75. The molecule has 2 aliphatic rings. The average Bonchev–Trinajstić information content (AvgIpc) is 3.02. The molecule has 0 radical (unpaired) electrons. The van der Waals surface area contributed by atoms with Gasteiger partial charge in [0.05, 0.1) is 31.8 Å². The summed E-state index contributed by atoms with van der Waals surface area (Å²) in [7, 11) is -3.06. The van der Waals surface area contributed by atoms with Gasteiger partial charge >= 0.3 is 17.2 Å². The summed E-state index contributed by atoms with van der Waals surface area (Å²) in [6, 6.07) is 40.5. The van der Waals surface area contributed by atoms with Crippen molar-refractivity contribution in [3.05, 3.63) is 144 Å². The molecule has 0 atom stereocenters. The Morgan fingerprint density at radius 3 is 0.949 bits per heavy atom. The highest BCUT2D eigenvalue weighted by atomic mass is 31.2. The Balaban J connectivity index is 1.06. The molecule has 0 aliphatic carbocycles. The molecule has 2 saturated heterocycles. The summed E-state index contributed by atoms with van der Waals surface area (Å²) in [6.07, 6.45) is -0.555. The summed E-state index contributed by atoms with van der Waals surface area (Å²) in [5, 5.41) is 0. The van der Waals surface area contributed by atoms with E-state index in [9.17, 15) is 0 Å². The van der Waals surface area contributed by atoms with Crippen molar-refractivity contribution in [1.82, 2.24) is 0 Å². The van der Waals surface area contributed by atoms with Gasteiger partial charge in [0.15, 0.2) is 0 Å². The van der Waals surface area contributed by atoms with Gasteiger partial charge in [-0.2, -0.15) is 0 Å². The van der Waals surface area contributed by atoms with Crippen molar-refractivity contribution in [3.8, 4) is 0 Å². The van der Waals surface area contributed by atoms with Gasteiger partial charge in [0.2, 0.25) is 0 Å². The largest absolute Gasteiger partial charge is 0.333 e. The topological polar surface area (TPSA) is 55.4 Å². The van der Waals surface area contributed by atoms with Gasteiger partial charge in [0.1, 0.15) is 12.2 Å². The molecule has 6 nitrogen and oxygen atoms in total. The molecule has 4 aromatic rings. The van der Waals surface area contributed by atoms with E-state index in [-0.39, 0.29) is 12.2 Å². The van der Waals surface area contributed by atoms with Gasteiger partial charge in [-0.15, -0.1) is 0 Å². The second kappa shape index (κ2) is 12.8. The molecular formula is C31H30O6P2. The number of hydrogen-bond donors (Lipinski definition) is 0. The van der Waals surface area contributed by atoms with Crippen molar-refractivity contribution >= 4 is 17.2 Å². The van der Waals surface area contributed by atoms with Crippen molar-refractivity contribution in [3.63, 3.8) is 0 Å².